The maximum atomic E-state index is 13.3. The van der Waals surface area contributed by atoms with E-state index in [0.717, 1.165) is 18.4 Å². The first-order valence-electron chi connectivity index (χ1n) is 10.2. The molecule has 2 amide bonds. The number of nitrogens with zero attached hydrogens (tertiary/aromatic N) is 1. The highest BCUT2D eigenvalue weighted by molar-refractivity contribution is 5.98. The molecular weight excluding hydrogens is 380 g/mol. The van der Waals surface area contributed by atoms with Crippen LogP contribution < -0.4 is 14.8 Å². The van der Waals surface area contributed by atoms with E-state index in [1.807, 2.05) is 43.9 Å². The van der Waals surface area contributed by atoms with E-state index in [2.05, 4.69) is 5.32 Å². The van der Waals surface area contributed by atoms with Crippen molar-refractivity contribution >= 4 is 17.5 Å². The molecule has 2 aromatic rings. The molecule has 1 fully saturated rings. The Morgan fingerprint density at radius 3 is 2.50 bits per heavy atom. The predicted octanol–water partition coefficient (Wildman–Crippen LogP) is 4.67. The summed E-state index contributed by atoms with van der Waals surface area (Å²) in [6.45, 7) is 6.24. The van der Waals surface area contributed by atoms with E-state index in [4.69, 9.17) is 9.47 Å². The summed E-state index contributed by atoms with van der Waals surface area (Å²) in [5, 5.41) is 2.90. The number of carbonyl (C=O) groups excluding carboxylic acids is 2. The van der Waals surface area contributed by atoms with E-state index < -0.39 is 5.41 Å². The Balaban J connectivity index is 1.85. The van der Waals surface area contributed by atoms with Gasteiger partial charge in [-0.25, -0.2) is 0 Å². The highest BCUT2D eigenvalue weighted by Crippen LogP contribution is 2.39. The topological polar surface area (TPSA) is 67.9 Å². The van der Waals surface area contributed by atoms with Gasteiger partial charge in [-0.05, 0) is 43.2 Å². The monoisotopic (exact) mass is 410 g/mol. The van der Waals surface area contributed by atoms with E-state index in [1.54, 1.807) is 38.5 Å². The second-order valence-electron chi connectivity index (χ2n) is 8.55. The first-order valence-corrected chi connectivity index (χ1v) is 10.2. The Bertz CT molecular complexity index is 933. The van der Waals surface area contributed by atoms with Crippen LogP contribution in [0.15, 0.2) is 42.5 Å². The summed E-state index contributed by atoms with van der Waals surface area (Å²) >= 11 is 0. The smallest absolute Gasteiger partial charge is 0.254 e. The molecule has 1 aliphatic rings. The van der Waals surface area contributed by atoms with Crippen molar-refractivity contribution < 1.29 is 19.1 Å². The number of carbonyl (C=O) groups is 2. The van der Waals surface area contributed by atoms with Crippen molar-refractivity contribution in [2.45, 2.75) is 39.7 Å². The Morgan fingerprint density at radius 2 is 1.83 bits per heavy atom. The summed E-state index contributed by atoms with van der Waals surface area (Å²) in [4.78, 5) is 27.5. The maximum Gasteiger partial charge on any atom is 0.254 e. The highest BCUT2D eigenvalue weighted by Gasteiger charge is 2.32. The van der Waals surface area contributed by atoms with Gasteiger partial charge in [0.2, 0.25) is 5.91 Å². The zero-order chi connectivity index (χ0) is 21.9. The van der Waals surface area contributed by atoms with Crippen molar-refractivity contribution in [3.8, 4) is 11.5 Å². The molecule has 1 atom stereocenters. The molecule has 160 valence electrons. The SMILES string of the molecule is COc1ccc([C@H]2CCCN2C(=O)c2cccc(NC(=O)C(C)(C)C)c2)c(OC)c1. The zero-order valence-corrected chi connectivity index (χ0v) is 18.3. The lowest BCUT2D eigenvalue weighted by Gasteiger charge is -2.27. The molecule has 0 aromatic heterocycles. The van der Waals surface area contributed by atoms with Crippen LogP contribution in [0.5, 0.6) is 11.5 Å². The fraction of sp³-hybridized carbons (Fsp3) is 0.417. The number of likely N-dealkylation sites (tertiary alicyclic amines) is 1. The summed E-state index contributed by atoms with van der Waals surface area (Å²) in [5.41, 5.74) is 1.64. The lowest BCUT2D eigenvalue weighted by Crippen LogP contribution is -2.31. The summed E-state index contributed by atoms with van der Waals surface area (Å²) in [5.74, 6) is 1.29. The molecule has 1 heterocycles. The van der Waals surface area contributed by atoms with Crippen LogP contribution in [-0.2, 0) is 4.79 Å². The van der Waals surface area contributed by atoms with Crippen molar-refractivity contribution in [3.63, 3.8) is 0 Å². The first-order chi connectivity index (χ1) is 14.2. The lowest BCUT2D eigenvalue weighted by atomic mass is 9.95. The van der Waals surface area contributed by atoms with Gasteiger partial charge in [0.1, 0.15) is 11.5 Å². The molecule has 1 saturated heterocycles. The number of nitrogens with one attached hydrogen (secondary N) is 1. The summed E-state index contributed by atoms with van der Waals surface area (Å²) < 4.78 is 10.9. The standard InChI is InChI=1S/C24H30N2O4/c1-24(2,3)23(28)25-17-9-6-8-16(14-17)22(27)26-13-7-10-20(26)19-12-11-18(29-4)15-21(19)30-5/h6,8-9,11-12,14-15,20H,7,10,13H2,1-5H3,(H,25,28)/t20-/m1/s1. The molecule has 1 N–H and O–H groups in total. The van der Waals surface area contributed by atoms with Crippen LogP contribution in [-0.4, -0.2) is 37.5 Å². The van der Waals surface area contributed by atoms with Gasteiger partial charge in [-0.2, -0.15) is 0 Å². The molecule has 0 aliphatic carbocycles. The minimum atomic E-state index is -0.509. The first kappa shape index (κ1) is 21.7. The van der Waals surface area contributed by atoms with Crippen LogP contribution in [0.2, 0.25) is 0 Å². The van der Waals surface area contributed by atoms with Crippen LogP contribution >= 0.6 is 0 Å². The third-order valence-electron chi connectivity index (χ3n) is 5.36. The molecule has 30 heavy (non-hydrogen) atoms. The van der Waals surface area contributed by atoms with E-state index in [0.29, 0.717) is 29.3 Å². The molecule has 0 spiro atoms. The van der Waals surface area contributed by atoms with Crippen LogP contribution in [0.4, 0.5) is 5.69 Å². The van der Waals surface area contributed by atoms with Gasteiger partial charge in [0.25, 0.3) is 5.91 Å². The van der Waals surface area contributed by atoms with Crippen molar-refractivity contribution in [1.29, 1.82) is 0 Å². The van der Waals surface area contributed by atoms with Crippen molar-refractivity contribution in [2.75, 3.05) is 26.1 Å². The fourth-order valence-corrected chi connectivity index (χ4v) is 3.64. The van der Waals surface area contributed by atoms with E-state index in [1.165, 1.54) is 0 Å². The van der Waals surface area contributed by atoms with Gasteiger partial charge in [0.05, 0.1) is 20.3 Å². The number of ether oxygens (including phenoxy) is 2. The zero-order valence-electron chi connectivity index (χ0n) is 18.3. The molecule has 6 nitrogen and oxygen atoms in total. The molecular formula is C24H30N2O4. The van der Waals surface area contributed by atoms with Crippen molar-refractivity contribution in [1.82, 2.24) is 4.90 Å². The van der Waals surface area contributed by atoms with E-state index >= 15 is 0 Å². The minimum Gasteiger partial charge on any atom is -0.497 e. The molecule has 6 heteroatoms. The average molecular weight is 411 g/mol. The fourth-order valence-electron chi connectivity index (χ4n) is 3.64. The number of rotatable bonds is 5. The van der Waals surface area contributed by atoms with Gasteiger partial charge in [-0.15, -0.1) is 0 Å². The van der Waals surface area contributed by atoms with Crippen LogP contribution in [0, 0.1) is 5.41 Å². The lowest BCUT2D eigenvalue weighted by molar-refractivity contribution is -0.123. The summed E-state index contributed by atoms with van der Waals surface area (Å²) in [6.07, 6.45) is 1.79. The number of benzene rings is 2. The second-order valence-corrected chi connectivity index (χ2v) is 8.55. The largest absolute Gasteiger partial charge is 0.497 e. The van der Waals surface area contributed by atoms with Gasteiger partial charge in [0.15, 0.2) is 0 Å². The number of hydrogen-bond donors (Lipinski definition) is 1. The van der Waals surface area contributed by atoms with E-state index in [-0.39, 0.29) is 17.9 Å². The normalized spacial score (nSPS) is 16.3. The number of hydrogen-bond acceptors (Lipinski definition) is 4. The van der Waals surface area contributed by atoms with E-state index in [9.17, 15) is 9.59 Å². The summed E-state index contributed by atoms with van der Waals surface area (Å²) in [7, 11) is 3.24. The van der Waals surface area contributed by atoms with Crippen LogP contribution in [0.3, 0.4) is 0 Å². The molecule has 1 aliphatic heterocycles. The van der Waals surface area contributed by atoms with Crippen LogP contribution in [0.25, 0.3) is 0 Å². The Kier molecular flexibility index (Phi) is 6.34. The molecule has 0 radical (unpaired) electrons. The number of methoxy groups -OCH3 is 2. The Hall–Kier alpha value is -3.02. The molecule has 0 bridgehead atoms. The second kappa shape index (κ2) is 8.78. The molecule has 0 saturated carbocycles. The highest BCUT2D eigenvalue weighted by atomic mass is 16.5. The predicted molar refractivity (Wildman–Crippen MR) is 117 cm³/mol. The molecule has 2 aromatic carbocycles. The minimum absolute atomic E-state index is 0.0535. The Morgan fingerprint density at radius 1 is 1.07 bits per heavy atom. The van der Waals surface area contributed by atoms with Crippen LogP contribution in [0.1, 0.15) is 55.6 Å². The van der Waals surface area contributed by atoms with Crippen molar-refractivity contribution in [2.24, 2.45) is 5.41 Å². The maximum absolute atomic E-state index is 13.3. The van der Waals surface area contributed by atoms with Gasteiger partial charge in [-0.1, -0.05) is 26.8 Å². The Labute approximate surface area is 178 Å². The molecule has 0 unspecified atom stereocenters. The number of amides is 2. The quantitative estimate of drug-likeness (QED) is 0.778. The van der Waals surface area contributed by atoms with Gasteiger partial charge >= 0.3 is 0 Å². The summed E-state index contributed by atoms with van der Waals surface area (Å²) in [6, 6.07) is 12.8. The van der Waals surface area contributed by atoms with Gasteiger partial charge < -0.3 is 19.7 Å². The molecule has 3 rings (SSSR count). The average Bonchev–Trinajstić information content (AvgIpc) is 3.21. The third kappa shape index (κ3) is 4.58. The third-order valence-corrected chi connectivity index (χ3v) is 5.36. The van der Waals surface area contributed by atoms with Gasteiger partial charge in [0, 0.05) is 34.8 Å². The number of anilines is 1. The van der Waals surface area contributed by atoms with Gasteiger partial charge in [-0.3, -0.25) is 9.59 Å². The van der Waals surface area contributed by atoms with Crippen molar-refractivity contribution in [3.05, 3.63) is 53.6 Å².